The number of hydrogen-bond acceptors (Lipinski definition) is 2. The third-order valence-corrected chi connectivity index (χ3v) is 5.01. The molecule has 0 aliphatic heterocycles. The summed E-state index contributed by atoms with van der Waals surface area (Å²) in [6.45, 7) is 0. The van der Waals surface area contributed by atoms with E-state index in [2.05, 4.69) is 0 Å². The Morgan fingerprint density at radius 1 is 1.24 bits per heavy atom. The molecule has 2 aliphatic rings. The predicted octanol–water partition coefficient (Wildman–Crippen LogP) is 4.30. The Morgan fingerprint density at radius 2 is 2.00 bits per heavy atom. The molecule has 1 aromatic rings. The van der Waals surface area contributed by atoms with Crippen molar-refractivity contribution in [1.82, 2.24) is 0 Å². The number of nitrogen functional groups attached to an aromatic ring is 1. The van der Waals surface area contributed by atoms with E-state index in [1.807, 2.05) is 0 Å². The molecule has 0 heterocycles. The fourth-order valence-corrected chi connectivity index (χ4v) is 3.95. The van der Waals surface area contributed by atoms with Gasteiger partial charge in [-0.3, -0.25) is 4.79 Å². The van der Waals surface area contributed by atoms with Crippen molar-refractivity contribution in [2.45, 2.75) is 38.3 Å². The van der Waals surface area contributed by atoms with Gasteiger partial charge in [-0.1, -0.05) is 6.42 Å². The van der Waals surface area contributed by atoms with Gasteiger partial charge >= 0.3 is 6.18 Å². The van der Waals surface area contributed by atoms with Gasteiger partial charge in [0.1, 0.15) is 0 Å². The Kier molecular flexibility index (Phi) is 3.46. The van der Waals surface area contributed by atoms with Crippen LogP contribution < -0.4 is 5.73 Å². The number of alkyl halides is 3. The molecule has 2 saturated carbocycles. The molecular formula is C16H18F3NO. The molecule has 0 aromatic heterocycles. The van der Waals surface area contributed by atoms with E-state index in [1.165, 1.54) is 18.9 Å². The highest BCUT2D eigenvalue weighted by Crippen LogP contribution is 2.50. The molecule has 114 valence electrons. The SMILES string of the molecule is Nc1ccc(C(F)(F)F)cc1C(=O)CC1CC2CCC1C2. The van der Waals surface area contributed by atoms with Crippen LogP contribution in [0.1, 0.15) is 48.0 Å². The molecule has 0 saturated heterocycles. The minimum Gasteiger partial charge on any atom is -0.398 e. The first-order valence-corrected chi connectivity index (χ1v) is 7.34. The van der Waals surface area contributed by atoms with Crippen molar-refractivity contribution in [2.75, 3.05) is 5.73 Å². The van der Waals surface area contributed by atoms with Crippen molar-refractivity contribution in [3.8, 4) is 0 Å². The Morgan fingerprint density at radius 3 is 2.57 bits per heavy atom. The summed E-state index contributed by atoms with van der Waals surface area (Å²) in [5, 5.41) is 0. The number of ketones is 1. The fourth-order valence-electron chi connectivity index (χ4n) is 3.95. The molecule has 2 nitrogen and oxygen atoms in total. The monoisotopic (exact) mass is 297 g/mol. The van der Waals surface area contributed by atoms with E-state index in [4.69, 9.17) is 5.73 Å². The van der Waals surface area contributed by atoms with Gasteiger partial charge in [0.25, 0.3) is 0 Å². The number of Topliss-reactive ketones (excluding diaryl/α,β-unsaturated/α-hetero) is 1. The maximum Gasteiger partial charge on any atom is 0.416 e. The third kappa shape index (κ3) is 2.78. The molecule has 0 radical (unpaired) electrons. The molecule has 0 spiro atoms. The van der Waals surface area contributed by atoms with E-state index in [-0.39, 0.29) is 17.0 Å². The van der Waals surface area contributed by atoms with E-state index in [9.17, 15) is 18.0 Å². The Bertz CT molecular complexity index is 567. The average molecular weight is 297 g/mol. The maximum atomic E-state index is 12.7. The first kappa shape index (κ1) is 14.4. The topological polar surface area (TPSA) is 43.1 Å². The molecule has 3 atom stereocenters. The van der Waals surface area contributed by atoms with Gasteiger partial charge in [0.2, 0.25) is 0 Å². The minimum atomic E-state index is -4.45. The largest absolute Gasteiger partial charge is 0.416 e. The molecule has 3 unspecified atom stereocenters. The second-order valence-electron chi connectivity index (χ2n) is 6.36. The predicted molar refractivity (Wildman–Crippen MR) is 73.7 cm³/mol. The molecule has 21 heavy (non-hydrogen) atoms. The van der Waals surface area contributed by atoms with Crippen LogP contribution in [0.2, 0.25) is 0 Å². The van der Waals surface area contributed by atoms with Crippen molar-refractivity contribution < 1.29 is 18.0 Å². The standard InChI is InChI=1S/C16H18F3NO/c17-16(18,19)12-3-4-14(20)13(8-12)15(21)7-11-6-9-1-2-10(11)5-9/h3-4,8-11H,1-2,5-7,20H2. The first-order chi connectivity index (χ1) is 9.84. The average Bonchev–Trinajstić information content (AvgIpc) is 2.99. The lowest BCUT2D eigenvalue weighted by atomic mass is 9.84. The number of benzene rings is 1. The van der Waals surface area contributed by atoms with E-state index in [0.29, 0.717) is 24.2 Å². The summed E-state index contributed by atoms with van der Waals surface area (Å²) >= 11 is 0. The number of carbonyl (C=O) groups excluding carboxylic acids is 1. The van der Waals surface area contributed by atoms with Gasteiger partial charge in [0.15, 0.2) is 5.78 Å². The summed E-state index contributed by atoms with van der Waals surface area (Å²) in [5.74, 6) is 1.36. The molecule has 2 bridgehead atoms. The van der Waals surface area contributed by atoms with Crippen molar-refractivity contribution in [2.24, 2.45) is 17.8 Å². The summed E-state index contributed by atoms with van der Waals surface area (Å²) in [4.78, 5) is 12.3. The van der Waals surface area contributed by atoms with Crippen LogP contribution in [0.3, 0.4) is 0 Å². The van der Waals surface area contributed by atoms with Crippen LogP contribution in [-0.2, 0) is 6.18 Å². The zero-order valence-electron chi connectivity index (χ0n) is 11.6. The summed E-state index contributed by atoms with van der Waals surface area (Å²) in [5.41, 5.74) is 5.04. The van der Waals surface area contributed by atoms with E-state index in [1.54, 1.807) is 0 Å². The normalized spacial score (nSPS) is 28.0. The summed E-state index contributed by atoms with van der Waals surface area (Å²) in [6.07, 6.45) is 0.481. The van der Waals surface area contributed by atoms with Crippen molar-refractivity contribution in [3.05, 3.63) is 29.3 Å². The second kappa shape index (κ2) is 5.04. The molecular weight excluding hydrogens is 279 g/mol. The molecule has 1 aromatic carbocycles. The van der Waals surface area contributed by atoms with Gasteiger partial charge in [-0.15, -0.1) is 0 Å². The molecule has 5 heteroatoms. The number of rotatable bonds is 3. The Hall–Kier alpha value is -1.52. The number of carbonyl (C=O) groups is 1. The number of hydrogen-bond donors (Lipinski definition) is 1. The van der Waals surface area contributed by atoms with Gasteiger partial charge in [0.05, 0.1) is 5.56 Å². The first-order valence-electron chi connectivity index (χ1n) is 7.34. The van der Waals surface area contributed by atoms with Crippen LogP contribution in [0.25, 0.3) is 0 Å². The summed E-state index contributed by atoms with van der Waals surface area (Å²) in [6, 6.07) is 2.99. The van der Waals surface area contributed by atoms with Gasteiger partial charge in [-0.2, -0.15) is 13.2 Å². The summed E-state index contributed by atoms with van der Waals surface area (Å²) in [7, 11) is 0. The van der Waals surface area contributed by atoms with Crippen LogP contribution in [0, 0.1) is 17.8 Å². The Labute approximate surface area is 121 Å². The molecule has 2 N–H and O–H groups in total. The van der Waals surface area contributed by atoms with Crippen molar-refractivity contribution in [1.29, 1.82) is 0 Å². The highest BCUT2D eigenvalue weighted by molar-refractivity contribution is 6.01. The van der Waals surface area contributed by atoms with Gasteiger partial charge in [-0.25, -0.2) is 0 Å². The number of nitrogens with two attached hydrogens (primary N) is 1. The smallest absolute Gasteiger partial charge is 0.398 e. The molecule has 0 amide bonds. The van der Waals surface area contributed by atoms with Crippen LogP contribution >= 0.6 is 0 Å². The van der Waals surface area contributed by atoms with E-state index < -0.39 is 11.7 Å². The number of fused-ring (bicyclic) bond motifs is 2. The highest BCUT2D eigenvalue weighted by atomic mass is 19.4. The molecule has 3 rings (SSSR count). The maximum absolute atomic E-state index is 12.7. The third-order valence-electron chi connectivity index (χ3n) is 5.01. The minimum absolute atomic E-state index is 0.0209. The van der Waals surface area contributed by atoms with Crippen LogP contribution in [-0.4, -0.2) is 5.78 Å². The van der Waals surface area contributed by atoms with Gasteiger partial charge in [-0.05, 0) is 55.2 Å². The fraction of sp³-hybridized carbons (Fsp3) is 0.562. The second-order valence-corrected chi connectivity index (χ2v) is 6.36. The lowest BCUT2D eigenvalue weighted by Gasteiger charge is -2.21. The highest BCUT2D eigenvalue weighted by Gasteiger charge is 2.40. The van der Waals surface area contributed by atoms with E-state index >= 15 is 0 Å². The van der Waals surface area contributed by atoms with Gasteiger partial charge in [0, 0.05) is 17.7 Å². The van der Waals surface area contributed by atoms with Gasteiger partial charge < -0.3 is 5.73 Å². The number of halogens is 3. The number of anilines is 1. The van der Waals surface area contributed by atoms with Crippen LogP contribution in [0.4, 0.5) is 18.9 Å². The van der Waals surface area contributed by atoms with Crippen LogP contribution in [0.5, 0.6) is 0 Å². The summed E-state index contributed by atoms with van der Waals surface area (Å²) < 4.78 is 38.2. The zero-order valence-corrected chi connectivity index (χ0v) is 11.6. The Balaban J connectivity index is 1.78. The molecule has 2 fully saturated rings. The van der Waals surface area contributed by atoms with Crippen molar-refractivity contribution in [3.63, 3.8) is 0 Å². The zero-order chi connectivity index (χ0) is 15.2. The lowest BCUT2D eigenvalue weighted by molar-refractivity contribution is -0.137. The van der Waals surface area contributed by atoms with Crippen LogP contribution in [0.15, 0.2) is 18.2 Å². The van der Waals surface area contributed by atoms with E-state index in [0.717, 1.165) is 25.0 Å². The van der Waals surface area contributed by atoms with Crippen molar-refractivity contribution >= 4 is 11.5 Å². The lowest BCUT2D eigenvalue weighted by Crippen LogP contribution is -2.17. The quantitative estimate of drug-likeness (QED) is 0.668. The molecule has 2 aliphatic carbocycles.